The van der Waals surface area contributed by atoms with Gasteiger partial charge in [0, 0.05) is 11.8 Å². The van der Waals surface area contributed by atoms with Crippen LogP contribution >= 0.6 is 0 Å². The van der Waals surface area contributed by atoms with Gasteiger partial charge in [0.25, 0.3) is 5.91 Å². The second kappa shape index (κ2) is 3.68. The van der Waals surface area contributed by atoms with Gasteiger partial charge >= 0.3 is 0 Å². The molecule has 0 aliphatic carbocycles. The highest BCUT2D eigenvalue weighted by Crippen LogP contribution is 2.01. The first kappa shape index (κ1) is 9.88. The van der Waals surface area contributed by atoms with Crippen molar-refractivity contribution >= 4 is 15.8 Å². The first-order valence-corrected chi connectivity index (χ1v) is 5.57. The summed E-state index contributed by atoms with van der Waals surface area (Å²) < 4.78 is 14.3. The summed E-state index contributed by atoms with van der Waals surface area (Å²) >= 11 is 0. The molecule has 0 saturated carbocycles. The van der Waals surface area contributed by atoms with E-state index in [0.717, 1.165) is 0 Å². The van der Waals surface area contributed by atoms with Gasteiger partial charge < -0.3 is 0 Å². The van der Waals surface area contributed by atoms with Crippen LogP contribution in [0.5, 0.6) is 0 Å². The van der Waals surface area contributed by atoms with Gasteiger partial charge in [-0.1, -0.05) is 18.2 Å². The number of carbonyl (C=O) groups is 1. The van der Waals surface area contributed by atoms with Gasteiger partial charge in [0.2, 0.25) is 0 Å². The largest absolute Gasteiger partial charge is 0.286 e. The molecule has 1 atom stereocenters. The molecule has 0 spiro atoms. The van der Waals surface area contributed by atoms with E-state index in [-0.39, 0.29) is 0 Å². The predicted molar refractivity (Wildman–Crippen MR) is 51.5 cm³/mol. The van der Waals surface area contributed by atoms with E-state index in [4.69, 9.17) is 5.14 Å². The molecule has 0 aliphatic rings. The maximum absolute atomic E-state index is 11.2. The molecule has 1 amide bonds. The highest BCUT2D eigenvalue weighted by atomic mass is 32.2. The maximum Gasteiger partial charge on any atom is 0.286 e. The average molecular weight is 198 g/mol. The minimum Gasteiger partial charge on any atom is -0.266 e. The summed E-state index contributed by atoms with van der Waals surface area (Å²) in [6, 6.07) is 8.38. The van der Waals surface area contributed by atoms with Gasteiger partial charge in [0.15, 0.2) is 0 Å². The number of nitrogens with zero attached hydrogens (tertiary/aromatic N) is 1. The first-order valence-electron chi connectivity index (χ1n) is 3.58. The van der Waals surface area contributed by atoms with Crippen LogP contribution in [0.25, 0.3) is 0 Å². The van der Waals surface area contributed by atoms with Gasteiger partial charge in [-0.15, -0.1) is 4.36 Å². The Morgan fingerprint density at radius 2 is 1.92 bits per heavy atom. The molecule has 0 bridgehead atoms. The third-order valence-corrected chi connectivity index (χ3v) is 1.81. The smallest absolute Gasteiger partial charge is 0.266 e. The highest BCUT2D eigenvalue weighted by Gasteiger charge is 2.03. The fraction of sp³-hybridized carbons (Fsp3) is 0.125. The molecule has 0 heterocycles. The number of hydrogen-bond acceptors (Lipinski definition) is 2. The average Bonchev–Trinajstić information content (AvgIpc) is 2.03. The van der Waals surface area contributed by atoms with Crippen LogP contribution in [0.1, 0.15) is 10.4 Å². The van der Waals surface area contributed by atoms with Crippen LogP contribution in [-0.4, -0.2) is 16.4 Å². The van der Waals surface area contributed by atoms with E-state index in [9.17, 15) is 9.00 Å². The van der Waals surface area contributed by atoms with Crippen molar-refractivity contribution in [2.75, 3.05) is 6.26 Å². The summed E-state index contributed by atoms with van der Waals surface area (Å²) in [6.45, 7) is 0. The van der Waals surface area contributed by atoms with Crippen LogP contribution in [0.3, 0.4) is 0 Å². The molecular weight excluding hydrogens is 188 g/mol. The molecule has 13 heavy (non-hydrogen) atoms. The van der Waals surface area contributed by atoms with Gasteiger partial charge in [-0.05, 0) is 12.1 Å². The molecule has 70 valence electrons. The van der Waals surface area contributed by atoms with Crippen LogP contribution in [0, 0.1) is 0 Å². The van der Waals surface area contributed by atoms with Crippen molar-refractivity contribution in [1.82, 2.24) is 0 Å². The molecule has 0 aromatic heterocycles. The standard InChI is InChI=1S/C8H10N2O2S/c1-13(9,12)10-8(11)7-5-3-2-4-6-7/h2-6H,1H3,(H2,9,10,11,12). The lowest BCUT2D eigenvalue weighted by atomic mass is 10.2. The van der Waals surface area contributed by atoms with Crippen LogP contribution in [0.2, 0.25) is 0 Å². The Morgan fingerprint density at radius 1 is 1.38 bits per heavy atom. The Balaban J connectivity index is 3.02. The maximum atomic E-state index is 11.2. The zero-order chi connectivity index (χ0) is 9.90. The zero-order valence-electron chi connectivity index (χ0n) is 7.14. The van der Waals surface area contributed by atoms with Gasteiger partial charge in [-0.2, -0.15) is 0 Å². The minimum atomic E-state index is -2.85. The fourth-order valence-electron chi connectivity index (χ4n) is 0.798. The summed E-state index contributed by atoms with van der Waals surface area (Å²) in [4.78, 5) is 11.2. The molecule has 1 unspecified atom stereocenters. The SMILES string of the molecule is CS(N)(=O)=NC(=O)c1ccccc1. The van der Waals surface area contributed by atoms with Crippen LogP contribution < -0.4 is 5.14 Å². The fourth-order valence-corrected chi connectivity index (χ4v) is 1.23. The van der Waals surface area contributed by atoms with E-state index in [0.29, 0.717) is 5.56 Å². The third kappa shape index (κ3) is 3.35. The number of rotatable bonds is 1. The van der Waals surface area contributed by atoms with E-state index in [1.54, 1.807) is 30.3 Å². The van der Waals surface area contributed by atoms with Crippen molar-refractivity contribution in [3.63, 3.8) is 0 Å². The first-order chi connectivity index (χ1) is 5.99. The number of carbonyl (C=O) groups excluding carboxylic acids is 1. The molecule has 5 heteroatoms. The lowest BCUT2D eigenvalue weighted by Crippen LogP contribution is -2.11. The Labute approximate surface area is 77.1 Å². The molecule has 1 rings (SSSR count). The van der Waals surface area contributed by atoms with E-state index in [1.165, 1.54) is 6.26 Å². The summed E-state index contributed by atoms with van der Waals surface area (Å²) in [7, 11) is -2.85. The van der Waals surface area contributed by atoms with Gasteiger partial charge in [-0.3, -0.25) is 4.79 Å². The molecule has 0 saturated heterocycles. The van der Waals surface area contributed by atoms with Crippen molar-refractivity contribution < 1.29 is 9.00 Å². The van der Waals surface area contributed by atoms with E-state index < -0.39 is 15.8 Å². The number of benzene rings is 1. The molecule has 2 N–H and O–H groups in total. The zero-order valence-corrected chi connectivity index (χ0v) is 7.95. The molecule has 1 aromatic rings. The Morgan fingerprint density at radius 3 is 2.38 bits per heavy atom. The van der Waals surface area contributed by atoms with E-state index in [2.05, 4.69) is 4.36 Å². The molecule has 0 fully saturated rings. The van der Waals surface area contributed by atoms with Crippen LogP contribution in [0.4, 0.5) is 0 Å². The minimum absolute atomic E-state index is 0.391. The van der Waals surface area contributed by atoms with E-state index in [1.807, 2.05) is 0 Å². The van der Waals surface area contributed by atoms with Crippen molar-refractivity contribution in [3.8, 4) is 0 Å². The highest BCUT2D eigenvalue weighted by molar-refractivity contribution is 7.91. The van der Waals surface area contributed by atoms with Crippen LogP contribution in [0.15, 0.2) is 34.7 Å². The quantitative estimate of drug-likeness (QED) is 0.724. The van der Waals surface area contributed by atoms with Gasteiger partial charge in [0.05, 0.1) is 0 Å². The van der Waals surface area contributed by atoms with Crippen molar-refractivity contribution in [3.05, 3.63) is 35.9 Å². The summed E-state index contributed by atoms with van der Waals surface area (Å²) in [5.41, 5.74) is 0.391. The van der Waals surface area contributed by atoms with E-state index >= 15 is 0 Å². The summed E-state index contributed by atoms with van der Waals surface area (Å²) in [6.07, 6.45) is 1.22. The lowest BCUT2D eigenvalue weighted by Gasteiger charge is -1.95. The third-order valence-electron chi connectivity index (χ3n) is 1.28. The Bertz CT molecular complexity index is 411. The predicted octanol–water partition coefficient (Wildman–Crippen LogP) is 0.798. The second-order valence-corrected chi connectivity index (χ2v) is 4.53. The van der Waals surface area contributed by atoms with Gasteiger partial charge in [-0.25, -0.2) is 9.35 Å². The Hall–Kier alpha value is -1.20. The van der Waals surface area contributed by atoms with Crippen molar-refractivity contribution in [1.29, 1.82) is 0 Å². The summed E-state index contributed by atoms with van der Waals surface area (Å²) in [5.74, 6) is -0.546. The molecule has 0 radical (unpaired) electrons. The monoisotopic (exact) mass is 198 g/mol. The normalized spacial score (nSPS) is 14.6. The second-order valence-electron chi connectivity index (χ2n) is 2.62. The molecular formula is C8H10N2O2S. The van der Waals surface area contributed by atoms with Crippen molar-refractivity contribution in [2.45, 2.75) is 0 Å². The van der Waals surface area contributed by atoms with Crippen LogP contribution in [-0.2, 0) is 9.92 Å². The number of nitrogens with two attached hydrogens (primary N) is 1. The van der Waals surface area contributed by atoms with Crippen molar-refractivity contribution in [2.24, 2.45) is 9.50 Å². The lowest BCUT2D eigenvalue weighted by molar-refractivity contribution is 0.100. The van der Waals surface area contributed by atoms with Gasteiger partial charge in [0.1, 0.15) is 9.92 Å². The molecule has 0 aliphatic heterocycles. The number of hydrogen-bond donors (Lipinski definition) is 1. The molecule has 1 aromatic carbocycles. The molecule has 4 nitrogen and oxygen atoms in total. The summed E-state index contributed by atoms with van der Waals surface area (Å²) in [5, 5.41) is 5.11. The topological polar surface area (TPSA) is 72.5 Å². The number of amides is 1. The Kier molecular flexibility index (Phi) is 2.79.